The third-order valence-corrected chi connectivity index (χ3v) is 6.38. The molecular weight excluding hydrogens is 420 g/mol. The average molecular weight is 450 g/mol. The lowest BCUT2D eigenvalue weighted by molar-refractivity contribution is -0.131. The summed E-state index contributed by atoms with van der Waals surface area (Å²) in [7, 11) is 3.30. The number of carbonyl (C=O) groups is 1. The molecule has 3 heterocycles. The van der Waals surface area contributed by atoms with Crippen molar-refractivity contribution in [1.29, 1.82) is 0 Å². The van der Waals surface area contributed by atoms with Crippen molar-refractivity contribution in [1.82, 2.24) is 9.80 Å². The third-order valence-electron chi connectivity index (χ3n) is 6.38. The number of hydrogen-bond donors (Lipinski definition) is 1. The van der Waals surface area contributed by atoms with Crippen LogP contribution in [0.15, 0.2) is 12.1 Å². The van der Waals surface area contributed by atoms with E-state index in [2.05, 4.69) is 17.0 Å². The maximum atomic E-state index is 13.0. The summed E-state index contributed by atoms with van der Waals surface area (Å²) in [6.07, 6.45) is 2.01. The van der Waals surface area contributed by atoms with Crippen molar-refractivity contribution in [3.63, 3.8) is 0 Å². The van der Waals surface area contributed by atoms with Gasteiger partial charge in [0, 0.05) is 44.1 Å². The number of carbonyl (C=O) groups excluding carboxylic acids is 1. The summed E-state index contributed by atoms with van der Waals surface area (Å²) in [4.78, 5) is 16.6. The second kappa shape index (κ2) is 9.69. The average Bonchev–Trinajstić information content (AvgIpc) is 3.06. The van der Waals surface area contributed by atoms with Crippen molar-refractivity contribution >= 4 is 30.7 Å². The number of rotatable bonds is 4. The molecule has 0 aromatic heterocycles. The monoisotopic (exact) mass is 449 g/mol. The largest absolute Gasteiger partial charge is 0.493 e. The van der Waals surface area contributed by atoms with Gasteiger partial charge in [0.05, 0.1) is 26.9 Å². The molecule has 3 unspecified atom stereocenters. The van der Waals surface area contributed by atoms with Crippen molar-refractivity contribution in [2.75, 3.05) is 40.5 Å². The Morgan fingerprint density at radius 3 is 2.48 bits per heavy atom. The number of halogens is 3. The van der Waals surface area contributed by atoms with Crippen LogP contribution in [0.4, 0.5) is 4.39 Å². The van der Waals surface area contributed by atoms with E-state index in [1.807, 2.05) is 4.90 Å². The molecule has 0 spiro atoms. The van der Waals surface area contributed by atoms with Gasteiger partial charge in [-0.05, 0) is 36.1 Å². The summed E-state index contributed by atoms with van der Waals surface area (Å²) >= 11 is 0. The zero-order valence-electron chi connectivity index (χ0n) is 16.8. The van der Waals surface area contributed by atoms with Gasteiger partial charge in [0.2, 0.25) is 5.91 Å². The standard InChI is InChI=1S/C20H28FN3O3.2ClH/c1-26-18-6-13-3-4-23-11-17(24-10-12(9-21)5-20(24)25)15(22)8-16(23)14(13)7-19(18)27-2;;/h6-7,12,15-17H,3-5,8-11,22H2,1-2H3;2*1H/t12-,15?,16?,17?;;/m1../s1. The molecule has 164 valence electrons. The van der Waals surface area contributed by atoms with Gasteiger partial charge in [-0.1, -0.05) is 0 Å². The first-order valence-corrected chi connectivity index (χ1v) is 9.65. The Hall–Kier alpha value is -1.28. The van der Waals surface area contributed by atoms with E-state index in [1.54, 1.807) is 14.2 Å². The maximum absolute atomic E-state index is 13.0. The first-order valence-electron chi connectivity index (χ1n) is 9.65. The maximum Gasteiger partial charge on any atom is 0.223 e. The van der Waals surface area contributed by atoms with Crippen LogP contribution in [0.25, 0.3) is 0 Å². The van der Waals surface area contributed by atoms with Crippen molar-refractivity contribution in [3.8, 4) is 11.5 Å². The van der Waals surface area contributed by atoms with Crippen LogP contribution in [-0.2, 0) is 11.2 Å². The predicted octanol–water partition coefficient (Wildman–Crippen LogP) is 2.36. The number of methoxy groups -OCH3 is 2. The highest BCUT2D eigenvalue weighted by Gasteiger charge is 2.44. The highest BCUT2D eigenvalue weighted by molar-refractivity contribution is 5.85. The number of nitrogens with two attached hydrogens (primary N) is 1. The van der Waals surface area contributed by atoms with Crippen LogP contribution in [0.3, 0.4) is 0 Å². The molecule has 29 heavy (non-hydrogen) atoms. The summed E-state index contributed by atoms with van der Waals surface area (Å²) < 4.78 is 24.0. The van der Waals surface area contributed by atoms with E-state index in [1.165, 1.54) is 11.1 Å². The van der Waals surface area contributed by atoms with Gasteiger partial charge in [-0.25, -0.2) is 0 Å². The summed E-state index contributed by atoms with van der Waals surface area (Å²) in [5.41, 5.74) is 9.04. The Morgan fingerprint density at radius 2 is 1.86 bits per heavy atom. The van der Waals surface area contributed by atoms with E-state index in [0.717, 1.165) is 37.4 Å². The van der Waals surface area contributed by atoms with E-state index < -0.39 is 6.67 Å². The number of nitrogens with zero attached hydrogens (tertiary/aromatic N) is 2. The number of amides is 1. The van der Waals surface area contributed by atoms with Crippen molar-refractivity contribution < 1.29 is 18.7 Å². The Morgan fingerprint density at radius 1 is 1.17 bits per heavy atom. The molecule has 9 heteroatoms. The van der Waals surface area contributed by atoms with Gasteiger partial charge < -0.3 is 20.1 Å². The van der Waals surface area contributed by atoms with Gasteiger partial charge in [-0.2, -0.15) is 0 Å². The molecule has 2 N–H and O–H groups in total. The summed E-state index contributed by atoms with van der Waals surface area (Å²) in [5, 5.41) is 0. The van der Waals surface area contributed by atoms with Gasteiger partial charge in [0.1, 0.15) is 0 Å². The number of ether oxygens (including phenoxy) is 2. The van der Waals surface area contributed by atoms with Crippen LogP contribution in [-0.4, -0.2) is 68.3 Å². The van der Waals surface area contributed by atoms with E-state index in [-0.39, 0.29) is 54.8 Å². The number of hydrogen-bond acceptors (Lipinski definition) is 5. The van der Waals surface area contributed by atoms with E-state index in [9.17, 15) is 9.18 Å². The molecule has 6 nitrogen and oxygen atoms in total. The molecule has 0 bridgehead atoms. The quantitative estimate of drug-likeness (QED) is 0.763. The Labute approximate surface area is 183 Å². The van der Waals surface area contributed by atoms with E-state index in [4.69, 9.17) is 15.2 Å². The second-order valence-corrected chi connectivity index (χ2v) is 7.90. The molecule has 1 aromatic rings. The van der Waals surface area contributed by atoms with Crippen molar-refractivity contribution in [2.24, 2.45) is 11.7 Å². The minimum atomic E-state index is -0.439. The summed E-state index contributed by atoms with van der Waals surface area (Å²) in [6, 6.07) is 4.20. The number of fused-ring (bicyclic) bond motifs is 3. The molecule has 3 aliphatic heterocycles. The van der Waals surface area contributed by atoms with Crippen LogP contribution in [0.1, 0.15) is 30.0 Å². The van der Waals surface area contributed by atoms with Gasteiger partial charge in [0.25, 0.3) is 0 Å². The van der Waals surface area contributed by atoms with Crippen LogP contribution in [0, 0.1) is 5.92 Å². The third kappa shape index (κ3) is 4.29. The second-order valence-electron chi connectivity index (χ2n) is 7.90. The zero-order valence-corrected chi connectivity index (χ0v) is 18.4. The molecule has 0 aliphatic carbocycles. The molecular formula is C20H30Cl2FN3O3. The Balaban J connectivity index is 0.00000150. The SMILES string of the molecule is COc1cc2c(cc1OC)C1CC(N)C(N3C[C@@H](CF)CC3=O)CN1CC2.Cl.Cl. The first-order chi connectivity index (χ1) is 13.0. The first kappa shape index (κ1) is 24.0. The fourth-order valence-corrected chi connectivity index (χ4v) is 4.93. The van der Waals surface area contributed by atoms with Crippen molar-refractivity contribution in [2.45, 2.75) is 37.4 Å². The van der Waals surface area contributed by atoms with Crippen LogP contribution >= 0.6 is 24.8 Å². The van der Waals surface area contributed by atoms with Crippen LogP contribution < -0.4 is 15.2 Å². The molecule has 1 amide bonds. The summed E-state index contributed by atoms with van der Waals surface area (Å²) in [6.45, 7) is 1.72. The minimum Gasteiger partial charge on any atom is -0.493 e. The fraction of sp³-hybridized carbons (Fsp3) is 0.650. The van der Waals surface area contributed by atoms with Crippen LogP contribution in [0.5, 0.6) is 11.5 Å². The van der Waals surface area contributed by atoms with Gasteiger partial charge in [-0.15, -0.1) is 24.8 Å². The molecule has 3 aliphatic rings. The smallest absolute Gasteiger partial charge is 0.223 e. The Kier molecular flexibility index (Phi) is 8.01. The summed E-state index contributed by atoms with van der Waals surface area (Å²) in [5.74, 6) is 1.35. The molecule has 4 rings (SSSR count). The number of benzene rings is 1. The highest BCUT2D eigenvalue weighted by atomic mass is 35.5. The lowest BCUT2D eigenvalue weighted by Gasteiger charge is -2.48. The van der Waals surface area contributed by atoms with Gasteiger partial charge in [0.15, 0.2) is 11.5 Å². The van der Waals surface area contributed by atoms with Gasteiger partial charge >= 0.3 is 0 Å². The molecule has 2 fully saturated rings. The van der Waals surface area contributed by atoms with E-state index >= 15 is 0 Å². The zero-order chi connectivity index (χ0) is 19.1. The Bertz CT molecular complexity index is 739. The molecule has 1 aromatic carbocycles. The predicted molar refractivity (Wildman–Crippen MR) is 114 cm³/mol. The minimum absolute atomic E-state index is 0. The lowest BCUT2D eigenvalue weighted by Crippen LogP contribution is -2.60. The van der Waals surface area contributed by atoms with Gasteiger partial charge in [-0.3, -0.25) is 14.1 Å². The number of likely N-dealkylation sites (tertiary alicyclic amines) is 1. The topological polar surface area (TPSA) is 68.0 Å². The van der Waals surface area contributed by atoms with Crippen LogP contribution in [0.2, 0.25) is 0 Å². The molecule has 4 atom stereocenters. The normalized spacial score (nSPS) is 28.7. The number of alkyl halides is 1. The van der Waals surface area contributed by atoms with E-state index in [0.29, 0.717) is 13.0 Å². The highest BCUT2D eigenvalue weighted by Crippen LogP contribution is 2.42. The number of piperidine rings is 1. The molecule has 0 saturated carbocycles. The fourth-order valence-electron chi connectivity index (χ4n) is 4.93. The molecule has 0 radical (unpaired) electrons. The molecule has 2 saturated heterocycles. The van der Waals surface area contributed by atoms with Crippen molar-refractivity contribution in [3.05, 3.63) is 23.3 Å². The lowest BCUT2D eigenvalue weighted by atomic mass is 9.83.